The summed E-state index contributed by atoms with van der Waals surface area (Å²) in [5.74, 6) is -0.491. The maximum Gasteiger partial charge on any atom is 0.269 e. The van der Waals surface area contributed by atoms with Crippen LogP contribution in [0.15, 0.2) is 29.1 Å². The lowest BCUT2D eigenvalue weighted by atomic mass is 10.2. The zero-order valence-corrected chi connectivity index (χ0v) is 16.7. The number of amides is 1. The van der Waals surface area contributed by atoms with Gasteiger partial charge in [-0.3, -0.25) is 14.2 Å². The third kappa shape index (κ3) is 5.30. The second kappa shape index (κ2) is 10.1. The lowest BCUT2D eigenvalue weighted by molar-refractivity contribution is -0.115. The Balaban J connectivity index is 2.50. The molecule has 0 radical (unpaired) electrons. The molecule has 0 fully saturated rings. The number of hydrogen-bond donors (Lipinski definition) is 1. The summed E-state index contributed by atoms with van der Waals surface area (Å²) in [5.41, 5.74) is 0.523. The van der Waals surface area contributed by atoms with Crippen LogP contribution in [0, 0.1) is 11.3 Å². The maximum atomic E-state index is 12.7. The molecule has 1 N–H and O–H groups in total. The van der Waals surface area contributed by atoms with Crippen molar-refractivity contribution >= 4 is 40.5 Å². The predicted molar refractivity (Wildman–Crippen MR) is 107 cm³/mol. The van der Waals surface area contributed by atoms with Crippen molar-refractivity contribution in [1.29, 1.82) is 5.26 Å². The van der Waals surface area contributed by atoms with Crippen LogP contribution in [0.1, 0.15) is 18.9 Å². The molecule has 6 nitrogen and oxygen atoms in total. The number of hydrogen-bond acceptors (Lipinski definition) is 5. The molecular weight excluding hydrogens is 386 g/mol. The number of ether oxygens (including phenoxy) is 1. The Morgan fingerprint density at radius 1 is 1.41 bits per heavy atom. The molecule has 0 unspecified atom stereocenters. The monoisotopic (exact) mass is 405 g/mol. The van der Waals surface area contributed by atoms with Crippen molar-refractivity contribution in [2.24, 2.45) is 0 Å². The molecule has 1 aromatic carbocycles. The standard InChI is InChI=1S/C19H20ClN3O3S/c1-3-23-18(25)16(11-13-5-7-14(20)8-6-13)27-19(23)15(12-21)17(24)22-9-4-10-26-2/h5-8,11H,3-4,9-10H2,1-2H3,(H,22,24)/b16-11+,19-15-. The van der Waals surface area contributed by atoms with Gasteiger partial charge in [-0.25, -0.2) is 0 Å². The first-order chi connectivity index (χ1) is 13.0. The minimum atomic E-state index is -0.491. The van der Waals surface area contributed by atoms with Crippen molar-refractivity contribution in [3.8, 4) is 6.07 Å². The number of methoxy groups -OCH3 is 1. The van der Waals surface area contributed by atoms with Gasteiger partial charge >= 0.3 is 0 Å². The lowest BCUT2D eigenvalue weighted by Gasteiger charge is -2.04. The first-order valence-electron chi connectivity index (χ1n) is 8.40. The second-order valence-corrected chi connectivity index (χ2v) is 7.07. The third-order valence-electron chi connectivity index (χ3n) is 3.76. The van der Waals surface area contributed by atoms with Gasteiger partial charge in [0.15, 0.2) is 5.57 Å². The van der Waals surface area contributed by atoms with Crippen LogP contribution in [-0.4, -0.2) is 30.7 Å². The van der Waals surface area contributed by atoms with E-state index < -0.39 is 5.91 Å². The second-order valence-electron chi connectivity index (χ2n) is 5.61. The van der Waals surface area contributed by atoms with Crippen LogP contribution in [0.25, 0.3) is 11.6 Å². The van der Waals surface area contributed by atoms with Crippen LogP contribution in [0.4, 0.5) is 0 Å². The van der Waals surface area contributed by atoms with Gasteiger partial charge in [0.1, 0.15) is 10.7 Å². The summed E-state index contributed by atoms with van der Waals surface area (Å²) in [4.78, 5) is 25.1. The van der Waals surface area contributed by atoms with Gasteiger partial charge in [-0.05, 0) is 37.1 Å². The first-order valence-corrected chi connectivity index (χ1v) is 9.59. The molecule has 142 valence electrons. The van der Waals surface area contributed by atoms with Crippen LogP contribution in [0.2, 0.25) is 5.02 Å². The van der Waals surface area contributed by atoms with E-state index in [1.807, 2.05) is 6.07 Å². The summed E-state index contributed by atoms with van der Waals surface area (Å²) in [6, 6.07) is 9.01. The van der Waals surface area contributed by atoms with Crippen LogP contribution in [0.3, 0.4) is 0 Å². The summed E-state index contributed by atoms with van der Waals surface area (Å²) >= 11 is 7.02. The molecule has 1 heterocycles. The van der Waals surface area contributed by atoms with E-state index in [0.717, 1.165) is 16.9 Å². The number of thiazole rings is 1. The first kappa shape index (κ1) is 20.9. The quantitative estimate of drug-likeness (QED) is 0.702. The lowest BCUT2D eigenvalue weighted by Crippen LogP contribution is -2.34. The van der Waals surface area contributed by atoms with Crippen molar-refractivity contribution in [2.45, 2.75) is 19.9 Å². The number of benzene rings is 1. The summed E-state index contributed by atoms with van der Waals surface area (Å²) in [6.07, 6.45) is 2.37. The van der Waals surface area contributed by atoms with E-state index in [9.17, 15) is 14.9 Å². The van der Waals surface area contributed by atoms with E-state index in [0.29, 0.717) is 40.3 Å². The Hall–Kier alpha value is -2.40. The largest absolute Gasteiger partial charge is 0.385 e. The maximum absolute atomic E-state index is 12.7. The highest BCUT2D eigenvalue weighted by Gasteiger charge is 2.14. The van der Waals surface area contributed by atoms with E-state index in [2.05, 4.69) is 5.32 Å². The molecular formula is C19H20ClN3O3S. The summed E-state index contributed by atoms with van der Waals surface area (Å²) in [7, 11) is 1.58. The topological polar surface area (TPSA) is 84.1 Å². The van der Waals surface area contributed by atoms with Gasteiger partial charge < -0.3 is 10.1 Å². The normalized spacial score (nSPS) is 12.6. The highest BCUT2D eigenvalue weighted by atomic mass is 35.5. The fourth-order valence-electron chi connectivity index (χ4n) is 2.41. The summed E-state index contributed by atoms with van der Waals surface area (Å²) in [5, 5.41) is 12.8. The summed E-state index contributed by atoms with van der Waals surface area (Å²) < 4.78 is 7.19. The van der Waals surface area contributed by atoms with Gasteiger partial charge in [0, 0.05) is 31.8 Å². The summed E-state index contributed by atoms with van der Waals surface area (Å²) in [6.45, 7) is 3.07. The smallest absolute Gasteiger partial charge is 0.269 e. The molecule has 0 bridgehead atoms. The number of carbonyl (C=O) groups excluding carboxylic acids is 1. The number of nitriles is 1. The van der Waals surface area contributed by atoms with Gasteiger partial charge in [-0.15, -0.1) is 11.3 Å². The zero-order chi connectivity index (χ0) is 19.8. The average Bonchev–Trinajstić information content (AvgIpc) is 2.96. The van der Waals surface area contributed by atoms with E-state index in [1.165, 1.54) is 4.57 Å². The van der Waals surface area contributed by atoms with Crippen LogP contribution < -0.4 is 20.1 Å². The van der Waals surface area contributed by atoms with E-state index in [4.69, 9.17) is 16.3 Å². The molecule has 0 aliphatic rings. The molecule has 0 atom stereocenters. The zero-order valence-electron chi connectivity index (χ0n) is 15.1. The van der Waals surface area contributed by atoms with Crippen LogP contribution >= 0.6 is 22.9 Å². The molecule has 1 aromatic heterocycles. The Morgan fingerprint density at radius 3 is 2.70 bits per heavy atom. The minimum absolute atomic E-state index is 0.0628. The van der Waals surface area contributed by atoms with Crippen LogP contribution in [-0.2, 0) is 16.1 Å². The number of halogens is 1. The molecule has 2 aromatic rings. The molecule has 27 heavy (non-hydrogen) atoms. The van der Waals surface area contributed by atoms with Crippen molar-refractivity contribution in [3.63, 3.8) is 0 Å². The Morgan fingerprint density at radius 2 is 2.11 bits per heavy atom. The fourth-order valence-corrected chi connectivity index (χ4v) is 3.69. The number of rotatable bonds is 7. The van der Waals surface area contributed by atoms with Crippen molar-refractivity contribution in [1.82, 2.24) is 9.88 Å². The van der Waals surface area contributed by atoms with E-state index >= 15 is 0 Å². The van der Waals surface area contributed by atoms with Gasteiger partial charge in [-0.1, -0.05) is 23.7 Å². The Kier molecular flexibility index (Phi) is 7.80. The van der Waals surface area contributed by atoms with Gasteiger partial charge in [0.25, 0.3) is 11.5 Å². The number of aromatic nitrogens is 1. The molecule has 0 saturated carbocycles. The van der Waals surface area contributed by atoms with Crippen molar-refractivity contribution < 1.29 is 9.53 Å². The molecule has 0 saturated heterocycles. The Bertz CT molecular complexity index is 1020. The van der Waals surface area contributed by atoms with Crippen molar-refractivity contribution in [3.05, 3.63) is 54.4 Å². The highest BCUT2D eigenvalue weighted by molar-refractivity contribution is 7.07. The Labute approximate surface area is 166 Å². The van der Waals surface area contributed by atoms with Crippen molar-refractivity contribution in [2.75, 3.05) is 20.3 Å². The fraction of sp³-hybridized carbons (Fsp3) is 0.316. The van der Waals surface area contributed by atoms with E-state index in [-0.39, 0.29) is 11.1 Å². The van der Waals surface area contributed by atoms with Gasteiger partial charge in [-0.2, -0.15) is 5.26 Å². The SMILES string of the molecule is CCn1c(=O)/c(=C\c2ccc(Cl)cc2)s/c1=C(/C#N)C(=O)NCCCOC. The molecule has 1 amide bonds. The molecule has 2 rings (SSSR count). The number of carbonyl (C=O) groups is 1. The van der Waals surface area contributed by atoms with Gasteiger partial charge in [0.05, 0.1) is 4.53 Å². The number of nitrogens with zero attached hydrogens (tertiary/aromatic N) is 2. The van der Waals surface area contributed by atoms with Gasteiger partial charge in [0.2, 0.25) is 0 Å². The minimum Gasteiger partial charge on any atom is -0.385 e. The molecule has 0 aliphatic carbocycles. The number of nitrogens with one attached hydrogen (secondary N) is 1. The van der Waals surface area contributed by atoms with E-state index in [1.54, 1.807) is 44.4 Å². The molecule has 8 heteroatoms. The average molecular weight is 406 g/mol. The molecule has 0 aliphatic heterocycles. The highest BCUT2D eigenvalue weighted by Crippen LogP contribution is 2.09. The third-order valence-corrected chi connectivity index (χ3v) is 5.14. The van der Waals surface area contributed by atoms with Crippen LogP contribution in [0.5, 0.6) is 0 Å². The molecule has 0 spiro atoms. The predicted octanol–water partition coefficient (Wildman–Crippen LogP) is 1.24.